The Kier molecular flexibility index (Phi) is 5.72. The number of nitrogens with zero attached hydrogens (tertiary/aromatic N) is 4. The van der Waals surface area contributed by atoms with E-state index in [1.165, 1.54) is 23.1 Å². The van der Waals surface area contributed by atoms with E-state index in [4.69, 9.17) is 11.5 Å². The third-order valence-corrected chi connectivity index (χ3v) is 7.00. The number of thioether (sulfide) groups is 1. The van der Waals surface area contributed by atoms with Gasteiger partial charge >= 0.3 is 0 Å². The van der Waals surface area contributed by atoms with Crippen LogP contribution in [0.25, 0.3) is 0 Å². The lowest BCUT2D eigenvalue weighted by atomic mass is 10.2. The second kappa shape index (κ2) is 7.87. The van der Waals surface area contributed by atoms with Crippen molar-refractivity contribution >= 4 is 49.4 Å². The standard InChI is InChI=1S/C16H20N6O2S3/c1-10-3-5-11(6-4-10)27(23,24)21-16(25-2)22-8-7-12-13(9-22)26-15(19-12)20-14(17)18/h3-6H,7-9H2,1-2H3,(H4,17,18,19,20). The zero-order valence-electron chi connectivity index (χ0n) is 14.9. The van der Waals surface area contributed by atoms with Gasteiger partial charge in [-0.1, -0.05) is 40.8 Å². The van der Waals surface area contributed by atoms with Crippen LogP contribution in [0.15, 0.2) is 38.6 Å². The summed E-state index contributed by atoms with van der Waals surface area (Å²) in [5.74, 6) is -0.0338. The normalized spacial score (nSPS) is 14.7. The Morgan fingerprint density at radius 2 is 2.00 bits per heavy atom. The van der Waals surface area contributed by atoms with Crippen LogP contribution in [0.3, 0.4) is 0 Å². The van der Waals surface area contributed by atoms with Crippen molar-refractivity contribution in [3.05, 3.63) is 40.4 Å². The first kappa shape index (κ1) is 19.6. The van der Waals surface area contributed by atoms with Gasteiger partial charge in [-0.3, -0.25) is 0 Å². The smallest absolute Gasteiger partial charge is 0.284 e. The number of aliphatic imine (C=N–C) groups is 1. The van der Waals surface area contributed by atoms with Gasteiger partial charge in [-0.05, 0) is 25.3 Å². The summed E-state index contributed by atoms with van der Waals surface area (Å²) in [5, 5.41) is 0.967. The summed E-state index contributed by atoms with van der Waals surface area (Å²) in [6.45, 7) is 3.06. The number of guanidine groups is 1. The van der Waals surface area contributed by atoms with E-state index in [0.29, 0.717) is 29.8 Å². The van der Waals surface area contributed by atoms with E-state index in [1.54, 1.807) is 24.3 Å². The number of aromatic nitrogens is 1. The molecule has 0 unspecified atom stereocenters. The number of nitrogens with two attached hydrogens (primary N) is 2. The first-order chi connectivity index (χ1) is 12.8. The molecule has 27 heavy (non-hydrogen) atoms. The van der Waals surface area contributed by atoms with Crippen LogP contribution in [-0.4, -0.2) is 42.2 Å². The second-order valence-corrected chi connectivity index (χ2v) is 9.38. The maximum Gasteiger partial charge on any atom is 0.284 e. The van der Waals surface area contributed by atoms with Gasteiger partial charge in [0.15, 0.2) is 11.1 Å². The third kappa shape index (κ3) is 4.60. The van der Waals surface area contributed by atoms with Gasteiger partial charge in [0, 0.05) is 17.8 Å². The molecule has 3 rings (SSSR count). The molecule has 8 nitrogen and oxygen atoms in total. The van der Waals surface area contributed by atoms with Gasteiger partial charge in [-0.15, -0.1) is 4.40 Å². The van der Waals surface area contributed by atoms with Crippen LogP contribution in [-0.2, 0) is 23.0 Å². The van der Waals surface area contributed by atoms with Crippen LogP contribution in [0, 0.1) is 6.92 Å². The van der Waals surface area contributed by atoms with Crippen LogP contribution >= 0.6 is 23.1 Å². The molecule has 0 amide bonds. The number of benzene rings is 1. The monoisotopic (exact) mass is 424 g/mol. The lowest BCUT2D eigenvalue weighted by Gasteiger charge is -2.27. The van der Waals surface area contributed by atoms with Crippen molar-refractivity contribution in [1.29, 1.82) is 0 Å². The molecule has 0 radical (unpaired) electrons. The number of fused-ring (bicyclic) bond motifs is 1. The van der Waals surface area contributed by atoms with Crippen LogP contribution < -0.4 is 11.5 Å². The Morgan fingerprint density at radius 3 is 2.63 bits per heavy atom. The molecule has 1 aromatic carbocycles. The summed E-state index contributed by atoms with van der Waals surface area (Å²) >= 11 is 2.70. The average Bonchev–Trinajstić information content (AvgIpc) is 3.00. The van der Waals surface area contributed by atoms with E-state index >= 15 is 0 Å². The maximum atomic E-state index is 12.6. The van der Waals surface area contributed by atoms with Crippen molar-refractivity contribution in [1.82, 2.24) is 9.88 Å². The summed E-state index contributed by atoms with van der Waals surface area (Å²) in [7, 11) is -3.77. The fourth-order valence-corrected chi connectivity index (χ4v) is 5.52. The van der Waals surface area contributed by atoms with Crippen molar-refractivity contribution in [3.8, 4) is 0 Å². The van der Waals surface area contributed by atoms with Crippen molar-refractivity contribution in [2.24, 2.45) is 20.9 Å². The van der Waals surface area contributed by atoms with Crippen LogP contribution in [0.4, 0.5) is 5.13 Å². The Labute approximate surface area is 166 Å². The molecule has 0 aliphatic carbocycles. The summed E-state index contributed by atoms with van der Waals surface area (Å²) in [6, 6.07) is 6.67. The molecule has 144 valence electrons. The van der Waals surface area contributed by atoms with E-state index in [-0.39, 0.29) is 10.9 Å². The van der Waals surface area contributed by atoms with Crippen LogP contribution in [0.1, 0.15) is 16.1 Å². The lowest BCUT2D eigenvalue weighted by molar-refractivity contribution is 0.403. The molecule has 0 bridgehead atoms. The molecule has 0 spiro atoms. The highest BCUT2D eigenvalue weighted by atomic mass is 32.2. The van der Waals surface area contributed by atoms with E-state index in [0.717, 1.165) is 16.1 Å². The largest absolute Gasteiger partial charge is 0.370 e. The quantitative estimate of drug-likeness (QED) is 0.568. The highest BCUT2D eigenvalue weighted by molar-refractivity contribution is 8.13. The predicted octanol–water partition coefficient (Wildman–Crippen LogP) is 1.82. The number of aryl methyl sites for hydroxylation is 1. The SMILES string of the molecule is CSC(=NS(=O)(=O)c1ccc(C)cc1)N1CCc2nc(N=C(N)N)sc2C1. The number of sulfonamides is 1. The molecule has 4 N–H and O–H groups in total. The summed E-state index contributed by atoms with van der Waals surface area (Å²) in [6.07, 6.45) is 2.49. The number of rotatable bonds is 3. The van der Waals surface area contributed by atoms with Crippen LogP contribution in [0.5, 0.6) is 0 Å². The van der Waals surface area contributed by atoms with E-state index in [9.17, 15) is 8.42 Å². The summed E-state index contributed by atoms with van der Waals surface area (Å²) in [5.41, 5.74) is 12.8. The van der Waals surface area contributed by atoms with Gasteiger partial charge in [-0.2, -0.15) is 13.4 Å². The van der Waals surface area contributed by atoms with Gasteiger partial charge in [0.2, 0.25) is 5.13 Å². The van der Waals surface area contributed by atoms with E-state index in [1.807, 2.05) is 18.1 Å². The molecule has 0 saturated carbocycles. The fraction of sp³-hybridized carbons (Fsp3) is 0.312. The minimum Gasteiger partial charge on any atom is -0.370 e. The van der Waals surface area contributed by atoms with Gasteiger partial charge in [0.25, 0.3) is 10.0 Å². The Morgan fingerprint density at radius 1 is 1.30 bits per heavy atom. The predicted molar refractivity (Wildman–Crippen MR) is 111 cm³/mol. The highest BCUT2D eigenvalue weighted by Gasteiger charge is 2.25. The molecule has 1 aromatic heterocycles. The summed E-state index contributed by atoms with van der Waals surface area (Å²) < 4.78 is 29.4. The molecule has 2 aromatic rings. The van der Waals surface area contributed by atoms with Gasteiger partial charge in [-0.25, -0.2) is 4.98 Å². The van der Waals surface area contributed by atoms with Crippen molar-refractivity contribution in [2.45, 2.75) is 24.8 Å². The molecule has 1 aliphatic heterocycles. The molecular weight excluding hydrogens is 404 g/mol. The van der Waals surface area contributed by atoms with Crippen molar-refractivity contribution < 1.29 is 8.42 Å². The molecule has 11 heteroatoms. The number of amidine groups is 1. The minimum absolute atomic E-state index is 0.0338. The minimum atomic E-state index is -3.77. The van der Waals surface area contributed by atoms with Crippen LogP contribution in [0.2, 0.25) is 0 Å². The molecule has 2 heterocycles. The Balaban J connectivity index is 1.86. The average molecular weight is 425 g/mol. The van der Waals surface area contributed by atoms with E-state index < -0.39 is 10.0 Å². The zero-order chi connectivity index (χ0) is 19.6. The van der Waals surface area contributed by atoms with E-state index in [2.05, 4.69) is 14.4 Å². The fourth-order valence-electron chi connectivity index (χ4n) is 2.59. The molecule has 0 atom stereocenters. The number of hydrogen-bond donors (Lipinski definition) is 2. The molecule has 1 aliphatic rings. The van der Waals surface area contributed by atoms with Crippen molar-refractivity contribution in [2.75, 3.05) is 12.8 Å². The second-order valence-electron chi connectivity index (χ2n) is 5.94. The molecule has 0 saturated heterocycles. The third-order valence-electron chi connectivity index (χ3n) is 3.91. The summed E-state index contributed by atoms with van der Waals surface area (Å²) in [4.78, 5) is 11.5. The first-order valence-corrected chi connectivity index (χ1v) is 11.6. The topological polar surface area (TPSA) is 127 Å². The maximum absolute atomic E-state index is 12.6. The molecule has 0 fully saturated rings. The Bertz CT molecular complexity index is 992. The van der Waals surface area contributed by atoms with Crippen molar-refractivity contribution in [3.63, 3.8) is 0 Å². The first-order valence-electron chi connectivity index (χ1n) is 8.07. The lowest BCUT2D eigenvalue weighted by Crippen LogP contribution is -2.34. The van der Waals surface area contributed by atoms with Gasteiger partial charge < -0.3 is 16.4 Å². The van der Waals surface area contributed by atoms with Gasteiger partial charge in [0.05, 0.1) is 17.1 Å². The van der Waals surface area contributed by atoms with Gasteiger partial charge in [0.1, 0.15) is 0 Å². The Hall–Kier alpha value is -2.11. The number of thiazole rings is 1. The zero-order valence-corrected chi connectivity index (χ0v) is 17.4. The molecular formula is C16H20N6O2S3. The number of hydrogen-bond acceptors (Lipinski definition) is 6. The highest BCUT2D eigenvalue weighted by Crippen LogP contribution is 2.31.